The third kappa shape index (κ3) is 4.06. The van der Waals surface area contributed by atoms with Crippen LogP contribution in [0, 0.1) is 0 Å². The number of nitrogen functional groups attached to an aromatic ring is 1. The Bertz CT molecular complexity index is 1120. The van der Waals surface area contributed by atoms with Crippen LogP contribution in [0.3, 0.4) is 0 Å². The highest BCUT2D eigenvalue weighted by Gasteiger charge is 2.69. The minimum Gasteiger partial charge on any atom is -0.404 e. The Morgan fingerprint density at radius 3 is 2.22 bits per heavy atom. The molecule has 36 heavy (non-hydrogen) atoms. The molecule has 4 heterocycles. The molecule has 0 aliphatic carbocycles. The number of aromatic nitrogens is 4. The smallest absolute Gasteiger partial charge is 0.349 e. The average molecular weight is 536 g/mol. The summed E-state index contributed by atoms with van der Waals surface area (Å²) in [5.74, 6) is 0.340. The van der Waals surface area contributed by atoms with Crippen LogP contribution < -0.4 is 5.73 Å². The van der Waals surface area contributed by atoms with Crippen molar-refractivity contribution in [3.63, 3.8) is 0 Å². The first-order valence-electron chi connectivity index (χ1n) is 12.9. The molecule has 2 saturated heterocycles. The van der Waals surface area contributed by atoms with Gasteiger partial charge in [0.2, 0.25) is 0 Å². The standard InChI is InChI=1S/C25H45N5O4Si2/c1-22(2,3)35(11,12)34-25(10)18-16(13-31-36(33-18,23(4,5)6)24(7,8)9)32-21(25)30-15-29-17-19(26)27-14-28-20(17)30/h14-16,18,21H,13H2,1-12H3,(H2,26,27,28)/t16-,18?,21-,25+/m1/s1. The molecule has 4 rings (SSSR count). The normalized spacial score (nSPS) is 29.5. The Morgan fingerprint density at radius 2 is 1.67 bits per heavy atom. The lowest BCUT2D eigenvalue weighted by atomic mass is 9.96. The SMILES string of the molecule is CC(C)(C)[Si](C)(C)O[C@@]1(C)C2O[Si](C(C)(C)C)(C(C)(C)C)OC[C@H]2O[C@H]1n1cnc2c(N)ncnc21. The van der Waals surface area contributed by atoms with Gasteiger partial charge in [0.15, 0.2) is 26.0 Å². The van der Waals surface area contributed by atoms with Gasteiger partial charge in [0, 0.05) is 10.1 Å². The number of hydrogen-bond acceptors (Lipinski definition) is 8. The van der Waals surface area contributed by atoms with Crippen molar-refractivity contribution in [2.24, 2.45) is 0 Å². The molecule has 1 unspecified atom stereocenters. The summed E-state index contributed by atoms with van der Waals surface area (Å²) >= 11 is 0. The first kappa shape index (κ1) is 27.7. The summed E-state index contributed by atoms with van der Waals surface area (Å²) in [6.45, 7) is 27.3. The van der Waals surface area contributed by atoms with Crippen LogP contribution in [-0.4, -0.2) is 60.8 Å². The van der Waals surface area contributed by atoms with Gasteiger partial charge in [-0.3, -0.25) is 4.57 Å². The van der Waals surface area contributed by atoms with E-state index in [-0.39, 0.29) is 27.3 Å². The Balaban J connectivity index is 1.88. The molecule has 0 bridgehead atoms. The van der Waals surface area contributed by atoms with E-state index in [1.54, 1.807) is 6.33 Å². The topological polar surface area (TPSA) is 107 Å². The second kappa shape index (κ2) is 8.31. The van der Waals surface area contributed by atoms with Gasteiger partial charge < -0.3 is 23.7 Å². The fourth-order valence-electron chi connectivity index (χ4n) is 5.72. The summed E-state index contributed by atoms with van der Waals surface area (Å²) in [6.07, 6.45) is 2.07. The monoisotopic (exact) mass is 535 g/mol. The molecule has 0 aromatic carbocycles. The van der Waals surface area contributed by atoms with Crippen molar-refractivity contribution in [1.29, 1.82) is 0 Å². The summed E-state index contributed by atoms with van der Waals surface area (Å²) in [4.78, 5) is 13.1. The first-order chi connectivity index (χ1) is 16.3. The van der Waals surface area contributed by atoms with Gasteiger partial charge in [-0.05, 0) is 25.1 Å². The van der Waals surface area contributed by atoms with Crippen molar-refractivity contribution in [3.8, 4) is 0 Å². The molecule has 2 aromatic heterocycles. The van der Waals surface area contributed by atoms with E-state index < -0.39 is 28.7 Å². The number of anilines is 1. The highest BCUT2D eigenvalue weighted by atomic mass is 28.4. The summed E-state index contributed by atoms with van der Waals surface area (Å²) < 4.78 is 30.0. The van der Waals surface area contributed by atoms with Gasteiger partial charge in [-0.15, -0.1) is 0 Å². The number of ether oxygens (including phenoxy) is 1. The van der Waals surface area contributed by atoms with E-state index in [0.717, 1.165) is 0 Å². The van der Waals surface area contributed by atoms with Gasteiger partial charge >= 0.3 is 8.56 Å². The van der Waals surface area contributed by atoms with Crippen molar-refractivity contribution >= 4 is 33.9 Å². The molecular weight excluding hydrogens is 490 g/mol. The highest BCUT2D eigenvalue weighted by molar-refractivity contribution is 6.74. The maximum Gasteiger partial charge on any atom is 0.349 e. The maximum absolute atomic E-state index is 7.29. The Hall–Kier alpha value is -1.38. The number of imidazole rings is 1. The molecule has 0 amide bonds. The van der Waals surface area contributed by atoms with Crippen molar-refractivity contribution in [2.45, 2.75) is 121 Å². The van der Waals surface area contributed by atoms with Crippen LogP contribution in [0.15, 0.2) is 12.7 Å². The van der Waals surface area contributed by atoms with Crippen LogP contribution in [0.25, 0.3) is 11.2 Å². The van der Waals surface area contributed by atoms with Gasteiger partial charge in [0.1, 0.15) is 29.7 Å². The number of nitrogens with two attached hydrogens (primary N) is 1. The van der Waals surface area contributed by atoms with Crippen LogP contribution in [0.5, 0.6) is 0 Å². The maximum atomic E-state index is 7.29. The van der Waals surface area contributed by atoms with Crippen molar-refractivity contribution < 1.29 is 18.0 Å². The molecule has 0 radical (unpaired) electrons. The molecule has 9 nitrogen and oxygen atoms in total. The lowest BCUT2D eigenvalue weighted by Gasteiger charge is -2.55. The average Bonchev–Trinajstić information content (AvgIpc) is 3.24. The minimum atomic E-state index is -2.77. The Kier molecular flexibility index (Phi) is 6.38. The lowest BCUT2D eigenvalue weighted by Crippen LogP contribution is -2.68. The van der Waals surface area contributed by atoms with Crippen LogP contribution in [0.2, 0.25) is 28.2 Å². The second-order valence-electron chi connectivity index (χ2n) is 14.1. The number of nitrogens with zero attached hydrogens (tertiary/aromatic N) is 4. The molecule has 0 spiro atoms. The molecule has 4 atom stereocenters. The summed E-state index contributed by atoms with van der Waals surface area (Å²) in [5, 5.41) is -0.318. The first-order valence-corrected chi connectivity index (χ1v) is 17.6. The predicted octanol–water partition coefficient (Wildman–Crippen LogP) is 5.54. The van der Waals surface area contributed by atoms with Crippen LogP contribution >= 0.6 is 0 Å². The minimum absolute atomic E-state index is 0.00398. The fourth-order valence-corrected chi connectivity index (χ4v) is 12.4. The molecule has 2 aliphatic rings. The number of hydrogen-bond donors (Lipinski definition) is 1. The summed E-state index contributed by atoms with van der Waals surface area (Å²) in [5.41, 5.74) is 6.48. The quantitative estimate of drug-likeness (QED) is 0.510. The van der Waals surface area contributed by atoms with E-state index in [0.29, 0.717) is 23.6 Å². The van der Waals surface area contributed by atoms with Crippen LogP contribution in [0.1, 0.15) is 75.5 Å². The van der Waals surface area contributed by atoms with Gasteiger partial charge in [0.25, 0.3) is 0 Å². The third-order valence-corrected chi connectivity index (χ3v) is 18.0. The van der Waals surface area contributed by atoms with Gasteiger partial charge in [-0.25, -0.2) is 15.0 Å². The van der Waals surface area contributed by atoms with Gasteiger partial charge in [-0.1, -0.05) is 62.3 Å². The lowest BCUT2D eigenvalue weighted by molar-refractivity contribution is -0.0861. The molecule has 0 saturated carbocycles. The molecule has 2 fully saturated rings. The van der Waals surface area contributed by atoms with E-state index in [2.05, 4.69) is 97.3 Å². The number of rotatable bonds is 3. The third-order valence-electron chi connectivity index (χ3n) is 8.34. The largest absolute Gasteiger partial charge is 0.404 e. The Labute approximate surface area is 217 Å². The zero-order valence-corrected chi connectivity index (χ0v) is 26.1. The van der Waals surface area contributed by atoms with E-state index in [1.807, 2.05) is 4.57 Å². The zero-order valence-electron chi connectivity index (χ0n) is 24.1. The predicted molar refractivity (Wildman–Crippen MR) is 146 cm³/mol. The van der Waals surface area contributed by atoms with Crippen molar-refractivity contribution in [3.05, 3.63) is 12.7 Å². The second-order valence-corrected chi connectivity index (χ2v) is 23.6. The summed E-state index contributed by atoms with van der Waals surface area (Å²) in [6, 6.07) is 0. The molecule has 202 valence electrons. The zero-order chi connectivity index (χ0) is 27.1. The van der Waals surface area contributed by atoms with Gasteiger partial charge in [-0.2, -0.15) is 0 Å². The van der Waals surface area contributed by atoms with Gasteiger partial charge in [0.05, 0.1) is 12.9 Å². The molecule has 11 heteroatoms. The highest BCUT2D eigenvalue weighted by Crippen LogP contribution is 2.58. The van der Waals surface area contributed by atoms with Crippen molar-refractivity contribution in [1.82, 2.24) is 19.5 Å². The van der Waals surface area contributed by atoms with E-state index in [9.17, 15) is 0 Å². The molecule has 2 N–H and O–H groups in total. The van der Waals surface area contributed by atoms with E-state index in [1.165, 1.54) is 6.33 Å². The van der Waals surface area contributed by atoms with Crippen LogP contribution in [-0.2, 0) is 18.0 Å². The Morgan fingerprint density at radius 1 is 1.06 bits per heavy atom. The number of fused-ring (bicyclic) bond motifs is 2. The van der Waals surface area contributed by atoms with E-state index >= 15 is 0 Å². The van der Waals surface area contributed by atoms with E-state index in [4.69, 9.17) is 23.7 Å². The van der Waals surface area contributed by atoms with Crippen LogP contribution in [0.4, 0.5) is 5.82 Å². The summed E-state index contributed by atoms with van der Waals surface area (Å²) in [7, 11) is -5.04. The molecular formula is C25H45N5O4Si2. The van der Waals surface area contributed by atoms with Crippen molar-refractivity contribution in [2.75, 3.05) is 12.3 Å². The molecule has 2 aromatic rings. The molecule has 2 aliphatic heterocycles. The fraction of sp³-hybridized carbons (Fsp3) is 0.800.